The molecular weight excluding hydrogens is 562 g/mol. The summed E-state index contributed by atoms with van der Waals surface area (Å²) >= 11 is 0. The molecule has 1 radical (unpaired) electrons. The number of phenolic OH excluding ortho intramolecular Hbond substituents is 1. The van der Waals surface area contributed by atoms with Crippen molar-refractivity contribution >= 4 is 23.2 Å². The molecule has 2 aromatic carbocycles. The van der Waals surface area contributed by atoms with Crippen LogP contribution in [-0.4, -0.2) is 92.6 Å². The molecular formula is C34H40N3O7. The van der Waals surface area contributed by atoms with E-state index in [0.717, 1.165) is 49.5 Å². The SMILES string of the molecule is CC1CCN(Cc2cccc(-c3ccc4c(c3O)C(O)=C3C(=O)[C@@]5(O)C(=O)C(C(N)=O)C(O)[C@H](N(C)C)[C@H]5C[C@H]3[CH]4)c2)CC1. The van der Waals surface area contributed by atoms with E-state index < -0.39 is 58.7 Å². The summed E-state index contributed by atoms with van der Waals surface area (Å²) in [6, 6.07) is 10.5. The van der Waals surface area contributed by atoms with E-state index >= 15 is 0 Å². The molecule has 6 rings (SSSR count). The summed E-state index contributed by atoms with van der Waals surface area (Å²) in [4.78, 5) is 43.8. The predicted octanol–water partition coefficient (Wildman–Crippen LogP) is 2.04. The van der Waals surface area contributed by atoms with Crippen molar-refractivity contribution in [2.75, 3.05) is 27.2 Å². The number of carbonyl (C=O) groups is 3. The first-order valence-corrected chi connectivity index (χ1v) is 15.3. The second kappa shape index (κ2) is 11.1. The van der Waals surface area contributed by atoms with E-state index in [1.165, 1.54) is 0 Å². The van der Waals surface area contributed by atoms with Crippen LogP contribution in [0.2, 0.25) is 0 Å². The first-order chi connectivity index (χ1) is 20.8. The van der Waals surface area contributed by atoms with Crippen LogP contribution < -0.4 is 5.73 Å². The minimum Gasteiger partial charge on any atom is -0.507 e. The number of hydrogen-bond acceptors (Lipinski definition) is 9. The van der Waals surface area contributed by atoms with E-state index in [4.69, 9.17) is 5.73 Å². The Kier molecular flexibility index (Phi) is 7.68. The molecule has 2 aromatic rings. The van der Waals surface area contributed by atoms with Crippen LogP contribution in [0.25, 0.3) is 16.9 Å². The first-order valence-electron chi connectivity index (χ1n) is 15.3. The molecule has 1 saturated heterocycles. The van der Waals surface area contributed by atoms with Crippen molar-refractivity contribution < 1.29 is 34.8 Å². The number of nitrogens with zero attached hydrogens (tertiary/aromatic N) is 2. The van der Waals surface area contributed by atoms with Crippen molar-refractivity contribution in [2.24, 2.45) is 29.4 Å². The van der Waals surface area contributed by atoms with Gasteiger partial charge in [-0.15, -0.1) is 0 Å². The van der Waals surface area contributed by atoms with Crippen LogP contribution in [0.1, 0.15) is 42.9 Å². The van der Waals surface area contributed by atoms with Crippen LogP contribution in [0.5, 0.6) is 5.75 Å². The number of likely N-dealkylation sites (N-methyl/N-ethyl adjacent to an activating group) is 1. The van der Waals surface area contributed by atoms with E-state index in [9.17, 15) is 34.8 Å². The zero-order valence-corrected chi connectivity index (χ0v) is 25.2. The third-order valence-corrected chi connectivity index (χ3v) is 10.3. The largest absolute Gasteiger partial charge is 0.507 e. The van der Waals surface area contributed by atoms with Gasteiger partial charge < -0.3 is 31.1 Å². The van der Waals surface area contributed by atoms with Crippen molar-refractivity contribution in [1.29, 1.82) is 0 Å². The number of phenols is 1. The Labute approximate surface area is 256 Å². The van der Waals surface area contributed by atoms with Gasteiger partial charge in [-0.2, -0.15) is 0 Å². The van der Waals surface area contributed by atoms with Gasteiger partial charge in [0.25, 0.3) is 0 Å². The summed E-state index contributed by atoms with van der Waals surface area (Å²) in [6.45, 7) is 5.13. The van der Waals surface area contributed by atoms with Gasteiger partial charge >= 0.3 is 0 Å². The lowest BCUT2D eigenvalue weighted by molar-refractivity contribution is -0.183. The molecule has 3 aliphatic carbocycles. The highest BCUT2D eigenvalue weighted by molar-refractivity contribution is 6.25. The van der Waals surface area contributed by atoms with Gasteiger partial charge in [0.05, 0.1) is 11.7 Å². The Morgan fingerprint density at radius 2 is 1.82 bits per heavy atom. The smallest absolute Gasteiger partial charge is 0.230 e. The number of aliphatic hydroxyl groups is 3. The number of rotatable bonds is 5. The molecule has 44 heavy (non-hydrogen) atoms. The van der Waals surface area contributed by atoms with Gasteiger partial charge in [-0.3, -0.25) is 19.3 Å². The number of hydrogen-bond donors (Lipinski definition) is 5. The Balaban J connectivity index is 1.38. The number of carbonyl (C=O) groups excluding carboxylic acids is 3. The maximum absolute atomic E-state index is 14.1. The first kappa shape index (κ1) is 30.5. The lowest BCUT2D eigenvalue weighted by Gasteiger charge is -2.53. The summed E-state index contributed by atoms with van der Waals surface area (Å²) in [5.74, 6) is -6.94. The second-order valence-electron chi connectivity index (χ2n) is 13.2. The van der Waals surface area contributed by atoms with E-state index in [1.807, 2.05) is 24.3 Å². The lowest BCUT2D eigenvalue weighted by Crippen LogP contribution is -2.73. The quantitative estimate of drug-likeness (QED) is 0.322. The molecule has 1 aliphatic heterocycles. The number of aliphatic hydroxyl groups excluding tert-OH is 2. The average Bonchev–Trinajstić information content (AvgIpc) is 2.96. The number of Topliss-reactive ketones (excluding diaryl/α,β-unsaturated/α-hetero) is 2. The average molecular weight is 603 g/mol. The summed E-state index contributed by atoms with van der Waals surface area (Å²) < 4.78 is 0. The summed E-state index contributed by atoms with van der Waals surface area (Å²) in [5, 5.41) is 45.9. The van der Waals surface area contributed by atoms with Crippen molar-refractivity contribution in [1.82, 2.24) is 9.80 Å². The van der Waals surface area contributed by atoms with Crippen LogP contribution in [0, 0.1) is 30.1 Å². The molecule has 233 valence electrons. The number of amides is 1. The fourth-order valence-corrected chi connectivity index (χ4v) is 7.90. The molecule has 2 unspecified atom stereocenters. The summed E-state index contributed by atoms with van der Waals surface area (Å²) in [6.07, 6.45) is 2.58. The van der Waals surface area contributed by atoms with Gasteiger partial charge in [-0.05, 0) is 87.5 Å². The van der Waals surface area contributed by atoms with Gasteiger partial charge in [-0.1, -0.05) is 37.3 Å². The molecule has 0 bridgehead atoms. The number of benzene rings is 2. The molecule has 4 aliphatic rings. The molecule has 1 amide bonds. The molecule has 0 spiro atoms. The third kappa shape index (κ3) is 4.67. The van der Waals surface area contributed by atoms with Crippen LogP contribution in [-0.2, 0) is 20.9 Å². The van der Waals surface area contributed by atoms with Crippen molar-refractivity contribution in [2.45, 2.75) is 50.5 Å². The fourth-order valence-electron chi connectivity index (χ4n) is 7.90. The number of aromatic hydroxyl groups is 1. The zero-order chi connectivity index (χ0) is 31.7. The minimum absolute atomic E-state index is 0.0397. The van der Waals surface area contributed by atoms with E-state index in [1.54, 1.807) is 37.5 Å². The minimum atomic E-state index is -2.69. The molecule has 6 N–H and O–H groups in total. The molecule has 10 nitrogen and oxygen atoms in total. The fraction of sp³-hybridized carbons (Fsp3) is 0.471. The van der Waals surface area contributed by atoms with Crippen molar-refractivity contribution in [3.8, 4) is 16.9 Å². The van der Waals surface area contributed by atoms with Crippen molar-refractivity contribution in [3.63, 3.8) is 0 Å². The highest BCUT2D eigenvalue weighted by Crippen LogP contribution is 2.53. The zero-order valence-electron chi connectivity index (χ0n) is 25.2. The Bertz CT molecular complexity index is 1560. The van der Waals surface area contributed by atoms with E-state index in [2.05, 4.69) is 11.8 Å². The van der Waals surface area contributed by atoms with Gasteiger partial charge in [0.15, 0.2) is 11.4 Å². The number of fused-ring (bicyclic) bond motifs is 3. The third-order valence-electron chi connectivity index (χ3n) is 10.3. The normalized spacial score (nSPS) is 31.1. The van der Waals surface area contributed by atoms with Crippen molar-refractivity contribution in [3.05, 3.63) is 65.1 Å². The number of likely N-dealkylation sites (tertiary alicyclic amines) is 1. The molecule has 2 saturated carbocycles. The standard InChI is InChI=1S/C34H40N3O7/c1-17-9-11-37(12-10-17)16-18-5-4-6-19(13-18)22-8-7-20-14-21-15-23-27(36(2)3)30(40)26(33(35)43)32(42)34(23,44)31(41)25(21)29(39)24(20)28(22)38/h4-8,13-14,17,21,23,26-27,30,38-40,44H,9-12,15-16H2,1-3H3,(H2,35,43)/t21-,23-,26?,27-,30?,34-/m1/s1. The Morgan fingerprint density at radius 1 is 1.11 bits per heavy atom. The number of ketones is 2. The Morgan fingerprint density at radius 3 is 2.48 bits per heavy atom. The van der Waals surface area contributed by atoms with Crippen LogP contribution in [0.3, 0.4) is 0 Å². The highest BCUT2D eigenvalue weighted by atomic mass is 16.3. The summed E-state index contributed by atoms with van der Waals surface area (Å²) in [7, 11) is 3.24. The monoisotopic (exact) mass is 602 g/mol. The van der Waals surface area contributed by atoms with Gasteiger partial charge in [0, 0.05) is 29.6 Å². The molecule has 6 atom stereocenters. The van der Waals surface area contributed by atoms with Gasteiger partial charge in [0.1, 0.15) is 17.4 Å². The highest BCUT2D eigenvalue weighted by Gasteiger charge is 2.67. The molecule has 0 aromatic heterocycles. The summed E-state index contributed by atoms with van der Waals surface area (Å²) in [5.41, 5.74) is 5.42. The van der Waals surface area contributed by atoms with Gasteiger partial charge in [-0.25, -0.2) is 0 Å². The van der Waals surface area contributed by atoms with Gasteiger partial charge in [0.2, 0.25) is 11.7 Å². The maximum Gasteiger partial charge on any atom is 0.230 e. The van der Waals surface area contributed by atoms with Crippen LogP contribution in [0.15, 0.2) is 42.0 Å². The number of nitrogens with two attached hydrogens (primary N) is 1. The second-order valence-corrected chi connectivity index (χ2v) is 13.2. The van der Waals surface area contributed by atoms with Crippen LogP contribution in [0.4, 0.5) is 0 Å². The molecule has 1 heterocycles. The molecule has 10 heteroatoms. The predicted molar refractivity (Wildman–Crippen MR) is 163 cm³/mol. The maximum atomic E-state index is 14.1. The lowest BCUT2D eigenvalue weighted by atomic mass is 9.54. The van der Waals surface area contributed by atoms with Crippen LogP contribution >= 0.6 is 0 Å². The topological polar surface area (TPSA) is 165 Å². The number of primary amides is 1. The van der Waals surface area contributed by atoms with E-state index in [-0.39, 0.29) is 23.3 Å². The molecule has 3 fully saturated rings. The number of piperidine rings is 1. The Hall–Kier alpha value is -3.57. The van der Waals surface area contributed by atoms with E-state index in [0.29, 0.717) is 11.1 Å².